The number of hydrogen-bond acceptors (Lipinski definition) is 3. The Kier molecular flexibility index (Phi) is 3.04. The van der Waals surface area contributed by atoms with Crippen LogP contribution in [0.4, 0.5) is 0 Å². The molecular formula is C15H17N3O2. The third-order valence-corrected chi connectivity index (χ3v) is 3.85. The van der Waals surface area contributed by atoms with Crippen LogP contribution in [0.25, 0.3) is 5.65 Å². The first-order valence-electron chi connectivity index (χ1n) is 6.89. The Balaban J connectivity index is 2.17. The van der Waals surface area contributed by atoms with Gasteiger partial charge in [-0.25, -0.2) is 4.98 Å². The van der Waals surface area contributed by atoms with Crippen molar-refractivity contribution in [1.82, 2.24) is 14.3 Å². The lowest BCUT2D eigenvalue weighted by Gasteiger charge is -2.27. The first-order chi connectivity index (χ1) is 9.61. The summed E-state index contributed by atoms with van der Waals surface area (Å²) in [4.78, 5) is 30.8. The first kappa shape index (κ1) is 12.8. The largest absolute Gasteiger partial charge is 0.338 e. The minimum atomic E-state index is -0.0447. The van der Waals surface area contributed by atoms with Crippen molar-refractivity contribution in [2.75, 3.05) is 6.54 Å². The average molecular weight is 271 g/mol. The summed E-state index contributed by atoms with van der Waals surface area (Å²) in [6, 6.07) is 5.64. The second kappa shape index (κ2) is 4.74. The van der Waals surface area contributed by atoms with Gasteiger partial charge in [-0.15, -0.1) is 0 Å². The van der Waals surface area contributed by atoms with Crippen LogP contribution in [0.3, 0.4) is 0 Å². The number of carbonyl (C=O) groups excluding carboxylic acids is 1. The zero-order valence-corrected chi connectivity index (χ0v) is 11.7. The van der Waals surface area contributed by atoms with Crippen molar-refractivity contribution in [3.8, 4) is 0 Å². The van der Waals surface area contributed by atoms with Crippen molar-refractivity contribution in [2.24, 2.45) is 0 Å². The Morgan fingerprint density at radius 1 is 1.40 bits per heavy atom. The van der Waals surface area contributed by atoms with Crippen LogP contribution in [0, 0.1) is 6.92 Å². The van der Waals surface area contributed by atoms with E-state index in [0.717, 1.165) is 11.4 Å². The quantitative estimate of drug-likeness (QED) is 0.785. The number of carbonyl (C=O) groups is 1. The van der Waals surface area contributed by atoms with E-state index in [2.05, 4.69) is 4.98 Å². The molecule has 5 nitrogen and oxygen atoms in total. The Morgan fingerprint density at radius 2 is 2.20 bits per heavy atom. The highest BCUT2D eigenvalue weighted by molar-refractivity contribution is 5.76. The van der Waals surface area contributed by atoms with Gasteiger partial charge in [-0.3, -0.25) is 14.0 Å². The van der Waals surface area contributed by atoms with E-state index in [4.69, 9.17) is 0 Å². The molecule has 20 heavy (non-hydrogen) atoms. The summed E-state index contributed by atoms with van der Waals surface area (Å²) in [5.74, 6) is 0.0879. The van der Waals surface area contributed by atoms with Crippen molar-refractivity contribution in [3.63, 3.8) is 0 Å². The molecule has 0 saturated heterocycles. The lowest BCUT2D eigenvalue weighted by Crippen LogP contribution is -2.40. The van der Waals surface area contributed by atoms with Gasteiger partial charge in [-0.05, 0) is 19.1 Å². The maximum absolute atomic E-state index is 12.6. The molecule has 0 radical (unpaired) electrons. The highest BCUT2D eigenvalue weighted by Gasteiger charge is 2.24. The number of nitrogens with zero attached hydrogens (tertiary/aromatic N) is 3. The molecule has 0 bridgehead atoms. The molecule has 2 aromatic heterocycles. The molecule has 0 atom stereocenters. The molecule has 0 aromatic carbocycles. The van der Waals surface area contributed by atoms with Gasteiger partial charge in [-0.2, -0.15) is 0 Å². The second-order valence-electron chi connectivity index (χ2n) is 5.12. The molecule has 0 spiro atoms. The first-order valence-corrected chi connectivity index (χ1v) is 6.89. The van der Waals surface area contributed by atoms with Crippen molar-refractivity contribution < 1.29 is 4.79 Å². The van der Waals surface area contributed by atoms with Crippen LogP contribution >= 0.6 is 0 Å². The van der Waals surface area contributed by atoms with Gasteiger partial charge in [0, 0.05) is 25.1 Å². The third kappa shape index (κ3) is 1.90. The van der Waals surface area contributed by atoms with Gasteiger partial charge in [-0.1, -0.05) is 13.0 Å². The minimum Gasteiger partial charge on any atom is -0.338 e. The van der Waals surface area contributed by atoms with Gasteiger partial charge in [0.15, 0.2) is 0 Å². The lowest BCUT2D eigenvalue weighted by atomic mass is 10.1. The molecule has 0 fully saturated rings. The van der Waals surface area contributed by atoms with E-state index < -0.39 is 0 Å². The van der Waals surface area contributed by atoms with Gasteiger partial charge in [0.2, 0.25) is 5.91 Å². The highest BCUT2D eigenvalue weighted by Crippen LogP contribution is 2.16. The highest BCUT2D eigenvalue weighted by atomic mass is 16.2. The summed E-state index contributed by atoms with van der Waals surface area (Å²) in [6.07, 6.45) is 1.12. The summed E-state index contributed by atoms with van der Waals surface area (Å²) < 4.78 is 1.62. The van der Waals surface area contributed by atoms with Gasteiger partial charge in [0.25, 0.3) is 5.56 Å². The van der Waals surface area contributed by atoms with E-state index in [9.17, 15) is 9.59 Å². The fourth-order valence-corrected chi connectivity index (χ4v) is 2.73. The van der Waals surface area contributed by atoms with Crippen LogP contribution in [-0.2, 0) is 17.8 Å². The zero-order valence-electron chi connectivity index (χ0n) is 11.7. The number of aryl methyl sites for hydroxylation is 1. The Bertz CT molecular complexity index is 749. The molecule has 2 aromatic rings. The maximum atomic E-state index is 12.6. The molecule has 0 unspecified atom stereocenters. The predicted octanol–water partition coefficient (Wildman–Crippen LogP) is 1.30. The summed E-state index contributed by atoms with van der Waals surface area (Å²) in [5, 5.41) is 0. The summed E-state index contributed by atoms with van der Waals surface area (Å²) in [6.45, 7) is 4.76. The molecule has 1 aliphatic heterocycles. The molecule has 3 heterocycles. The Hall–Kier alpha value is -2.17. The second-order valence-corrected chi connectivity index (χ2v) is 5.12. The number of fused-ring (bicyclic) bond motifs is 2. The number of rotatable bonds is 1. The van der Waals surface area contributed by atoms with E-state index in [1.165, 1.54) is 0 Å². The van der Waals surface area contributed by atoms with Crippen LogP contribution in [0.2, 0.25) is 0 Å². The predicted molar refractivity (Wildman–Crippen MR) is 75.6 cm³/mol. The lowest BCUT2D eigenvalue weighted by molar-refractivity contribution is -0.131. The standard InChI is InChI=1S/C15H17N3O2/c1-3-14(19)17-8-7-12-11(9-17)15(20)18-10(2)5-4-6-13(18)16-12/h4-6H,3,7-9H2,1-2H3. The van der Waals surface area contributed by atoms with E-state index in [-0.39, 0.29) is 11.5 Å². The van der Waals surface area contributed by atoms with Crippen LogP contribution in [0.1, 0.15) is 30.3 Å². The normalized spacial score (nSPS) is 14.4. The fraction of sp³-hybridized carbons (Fsp3) is 0.400. The van der Waals surface area contributed by atoms with Gasteiger partial charge in [0.1, 0.15) is 5.65 Å². The Morgan fingerprint density at radius 3 is 2.95 bits per heavy atom. The minimum absolute atomic E-state index is 0.0447. The summed E-state index contributed by atoms with van der Waals surface area (Å²) in [7, 11) is 0. The van der Waals surface area contributed by atoms with Crippen LogP contribution < -0.4 is 5.56 Å². The summed E-state index contributed by atoms with van der Waals surface area (Å²) in [5.41, 5.74) is 2.99. The third-order valence-electron chi connectivity index (χ3n) is 3.85. The van der Waals surface area contributed by atoms with Crippen molar-refractivity contribution in [3.05, 3.63) is 45.5 Å². The molecule has 0 aliphatic carbocycles. The molecule has 0 saturated carbocycles. The molecule has 1 amide bonds. The summed E-state index contributed by atoms with van der Waals surface area (Å²) >= 11 is 0. The van der Waals surface area contributed by atoms with Gasteiger partial charge in [0.05, 0.1) is 17.8 Å². The number of pyridine rings is 1. The number of amides is 1. The van der Waals surface area contributed by atoms with Crippen LogP contribution in [0.15, 0.2) is 23.0 Å². The fourth-order valence-electron chi connectivity index (χ4n) is 2.73. The van der Waals surface area contributed by atoms with Crippen molar-refractivity contribution >= 4 is 11.6 Å². The average Bonchev–Trinajstić information content (AvgIpc) is 2.46. The number of aromatic nitrogens is 2. The SMILES string of the molecule is CCC(=O)N1CCc2nc3cccc(C)n3c(=O)c2C1. The maximum Gasteiger partial charge on any atom is 0.263 e. The number of hydrogen-bond donors (Lipinski definition) is 0. The smallest absolute Gasteiger partial charge is 0.263 e. The van der Waals surface area contributed by atoms with Crippen LogP contribution in [-0.4, -0.2) is 26.7 Å². The molecule has 0 N–H and O–H groups in total. The van der Waals surface area contributed by atoms with E-state index in [1.54, 1.807) is 9.30 Å². The van der Waals surface area contributed by atoms with Crippen molar-refractivity contribution in [1.29, 1.82) is 0 Å². The van der Waals surface area contributed by atoms with E-state index in [0.29, 0.717) is 37.1 Å². The Labute approximate surface area is 116 Å². The van der Waals surface area contributed by atoms with E-state index in [1.807, 2.05) is 32.0 Å². The van der Waals surface area contributed by atoms with Crippen LogP contribution in [0.5, 0.6) is 0 Å². The zero-order chi connectivity index (χ0) is 14.3. The van der Waals surface area contributed by atoms with Gasteiger partial charge < -0.3 is 4.90 Å². The molecule has 5 heteroatoms. The van der Waals surface area contributed by atoms with Crippen molar-refractivity contribution in [2.45, 2.75) is 33.2 Å². The molecular weight excluding hydrogens is 254 g/mol. The molecule has 104 valence electrons. The van der Waals surface area contributed by atoms with E-state index >= 15 is 0 Å². The monoisotopic (exact) mass is 271 g/mol. The topological polar surface area (TPSA) is 54.7 Å². The molecule has 1 aliphatic rings. The molecule has 3 rings (SSSR count). The van der Waals surface area contributed by atoms with Gasteiger partial charge >= 0.3 is 0 Å².